The average Bonchev–Trinajstić information content (AvgIpc) is 2.64. The van der Waals surface area contributed by atoms with Crippen LogP contribution in [-0.2, 0) is 33.3 Å². The third kappa shape index (κ3) is 4.33. The first-order chi connectivity index (χ1) is 15.1. The summed E-state index contributed by atoms with van der Waals surface area (Å²) in [5.74, 6) is -1.21. The van der Waals surface area contributed by atoms with Crippen LogP contribution >= 0.6 is 0 Å². The van der Waals surface area contributed by atoms with Crippen molar-refractivity contribution >= 4 is 17.9 Å². The molecule has 0 N–H and O–H groups in total. The Balaban J connectivity index is 2.16. The number of carbonyl (C=O) groups is 3. The zero-order chi connectivity index (χ0) is 25.0. The fraction of sp³-hybridized carbons (Fsp3) is 0.808. The van der Waals surface area contributed by atoms with E-state index in [1.807, 2.05) is 13.8 Å². The Kier molecular flexibility index (Phi) is 6.55. The minimum atomic E-state index is -0.886. The van der Waals surface area contributed by atoms with Crippen LogP contribution in [0.2, 0.25) is 0 Å². The van der Waals surface area contributed by atoms with Gasteiger partial charge in [-0.05, 0) is 44.4 Å². The predicted octanol–water partition coefficient (Wildman–Crippen LogP) is 4.37. The van der Waals surface area contributed by atoms with Crippen molar-refractivity contribution < 1.29 is 33.3 Å². The van der Waals surface area contributed by atoms with Crippen LogP contribution in [0.5, 0.6) is 0 Å². The van der Waals surface area contributed by atoms with Crippen LogP contribution in [-0.4, -0.2) is 47.4 Å². The number of hydrogen-bond acceptors (Lipinski definition) is 7. The summed E-state index contributed by atoms with van der Waals surface area (Å²) in [6.45, 7) is 18.6. The lowest BCUT2D eigenvalue weighted by atomic mass is 9.42. The Morgan fingerprint density at radius 2 is 1.45 bits per heavy atom. The summed E-state index contributed by atoms with van der Waals surface area (Å²) in [7, 11) is 0. The molecule has 0 aromatic rings. The van der Waals surface area contributed by atoms with Crippen molar-refractivity contribution in [3.05, 3.63) is 12.7 Å². The van der Waals surface area contributed by atoms with E-state index < -0.39 is 23.4 Å². The number of hydrogen-bond donors (Lipinski definition) is 0. The molecule has 33 heavy (non-hydrogen) atoms. The highest BCUT2D eigenvalue weighted by Gasteiger charge is 2.70. The van der Waals surface area contributed by atoms with Crippen LogP contribution in [0, 0.1) is 22.7 Å². The highest BCUT2D eigenvalue weighted by molar-refractivity contribution is 5.67. The molecule has 186 valence electrons. The Morgan fingerprint density at radius 1 is 0.909 bits per heavy atom. The van der Waals surface area contributed by atoms with Crippen LogP contribution < -0.4 is 0 Å². The summed E-state index contributed by atoms with van der Waals surface area (Å²) < 4.78 is 24.4. The van der Waals surface area contributed by atoms with Crippen LogP contribution in [0.25, 0.3) is 0 Å². The number of rotatable bonds is 4. The molecule has 0 amide bonds. The van der Waals surface area contributed by atoms with Gasteiger partial charge >= 0.3 is 17.9 Å². The zero-order valence-electron chi connectivity index (χ0n) is 21.4. The third-order valence-electron chi connectivity index (χ3n) is 8.68. The molecule has 2 aliphatic carbocycles. The van der Waals surface area contributed by atoms with Gasteiger partial charge in [-0.3, -0.25) is 14.4 Å². The first-order valence-corrected chi connectivity index (χ1v) is 11.9. The second-order valence-corrected chi connectivity index (χ2v) is 11.5. The van der Waals surface area contributed by atoms with Gasteiger partial charge in [0.1, 0.15) is 23.9 Å². The molecule has 0 unspecified atom stereocenters. The van der Waals surface area contributed by atoms with E-state index in [0.717, 1.165) is 6.42 Å². The van der Waals surface area contributed by atoms with Gasteiger partial charge in [-0.1, -0.05) is 26.8 Å². The number of esters is 3. The molecule has 0 radical (unpaired) electrons. The number of carbonyl (C=O) groups excluding carboxylic acids is 3. The van der Waals surface area contributed by atoms with Crippen LogP contribution in [0.3, 0.4) is 0 Å². The van der Waals surface area contributed by atoms with Crippen LogP contribution in [0.15, 0.2) is 12.7 Å². The Bertz CT molecular complexity index is 834. The normalized spacial score (nSPS) is 43.9. The molecule has 1 saturated heterocycles. The molecule has 0 aromatic carbocycles. The fourth-order valence-corrected chi connectivity index (χ4v) is 7.52. The van der Waals surface area contributed by atoms with Gasteiger partial charge in [-0.2, -0.15) is 0 Å². The van der Waals surface area contributed by atoms with Gasteiger partial charge in [-0.15, -0.1) is 6.58 Å². The van der Waals surface area contributed by atoms with Gasteiger partial charge < -0.3 is 18.9 Å². The quantitative estimate of drug-likeness (QED) is 0.347. The lowest BCUT2D eigenvalue weighted by Crippen LogP contribution is -2.73. The molecule has 7 heteroatoms. The maximum Gasteiger partial charge on any atom is 0.303 e. The smallest absolute Gasteiger partial charge is 0.303 e. The minimum absolute atomic E-state index is 0.0419. The van der Waals surface area contributed by atoms with Crippen molar-refractivity contribution in [2.75, 3.05) is 0 Å². The van der Waals surface area contributed by atoms with Crippen molar-refractivity contribution in [3.63, 3.8) is 0 Å². The molecule has 2 saturated carbocycles. The van der Waals surface area contributed by atoms with Crippen molar-refractivity contribution in [2.24, 2.45) is 22.7 Å². The lowest BCUT2D eigenvalue weighted by molar-refractivity contribution is -0.324. The lowest BCUT2D eigenvalue weighted by Gasteiger charge is -2.68. The van der Waals surface area contributed by atoms with Crippen LogP contribution in [0.4, 0.5) is 0 Å². The van der Waals surface area contributed by atoms with Gasteiger partial charge in [-0.25, -0.2) is 0 Å². The monoisotopic (exact) mass is 464 g/mol. The van der Waals surface area contributed by atoms with Crippen molar-refractivity contribution in [2.45, 2.75) is 111 Å². The summed E-state index contributed by atoms with van der Waals surface area (Å²) in [6, 6.07) is 0. The summed E-state index contributed by atoms with van der Waals surface area (Å²) in [5, 5.41) is 0. The van der Waals surface area contributed by atoms with Crippen LogP contribution in [0.1, 0.15) is 81.1 Å². The molecular formula is C26H40O7. The molecule has 8 atom stereocenters. The molecular weight excluding hydrogens is 424 g/mol. The van der Waals surface area contributed by atoms with Crippen molar-refractivity contribution in [1.82, 2.24) is 0 Å². The minimum Gasteiger partial charge on any atom is -0.462 e. The largest absolute Gasteiger partial charge is 0.462 e. The molecule has 3 rings (SSSR count). The van der Waals surface area contributed by atoms with Crippen molar-refractivity contribution in [1.29, 1.82) is 0 Å². The molecule has 0 bridgehead atoms. The van der Waals surface area contributed by atoms with E-state index in [9.17, 15) is 14.4 Å². The Morgan fingerprint density at radius 3 is 1.97 bits per heavy atom. The second-order valence-electron chi connectivity index (χ2n) is 11.5. The predicted molar refractivity (Wildman–Crippen MR) is 122 cm³/mol. The first kappa shape index (κ1) is 25.7. The molecule has 3 aliphatic rings. The molecule has 0 spiro atoms. The van der Waals surface area contributed by atoms with Gasteiger partial charge in [0.15, 0.2) is 0 Å². The van der Waals surface area contributed by atoms with Gasteiger partial charge in [0.25, 0.3) is 0 Å². The standard InChI is InChI=1S/C26H40O7/c1-10-24(7)14-18(30-15(2)27)22-25(8)12-11-20(31-16(3)28)23(5,6)19(25)13-21(32-17(4)29)26(22,9)33-24/h10,18-22H,1,11-14H2,2-9H3/t18-,19-,20-,21-,22-,24+,25-,26+/m1/s1. The average molecular weight is 465 g/mol. The maximum atomic E-state index is 12.2. The third-order valence-corrected chi connectivity index (χ3v) is 8.68. The summed E-state index contributed by atoms with van der Waals surface area (Å²) >= 11 is 0. The first-order valence-electron chi connectivity index (χ1n) is 11.9. The van der Waals surface area contributed by atoms with Gasteiger partial charge in [0, 0.05) is 38.5 Å². The summed E-state index contributed by atoms with van der Waals surface area (Å²) in [4.78, 5) is 36.2. The van der Waals surface area contributed by atoms with E-state index in [1.54, 1.807) is 6.08 Å². The van der Waals surface area contributed by atoms with Crippen molar-refractivity contribution in [3.8, 4) is 0 Å². The molecule has 1 heterocycles. The fourth-order valence-electron chi connectivity index (χ4n) is 7.52. The van der Waals surface area contributed by atoms with E-state index >= 15 is 0 Å². The van der Waals surface area contributed by atoms with Gasteiger partial charge in [0.2, 0.25) is 0 Å². The van der Waals surface area contributed by atoms with E-state index in [0.29, 0.717) is 19.3 Å². The Labute approximate surface area is 197 Å². The number of ether oxygens (including phenoxy) is 4. The molecule has 7 nitrogen and oxygen atoms in total. The van der Waals surface area contributed by atoms with E-state index in [4.69, 9.17) is 18.9 Å². The van der Waals surface area contributed by atoms with E-state index in [2.05, 4.69) is 27.4 Å². The van der Waals surface area contributed by atoms with E-state index in [1.165, 1.54) is 20.8 Å². The SMILES string of the molecule is C=C[C@@]1(C)C[C@@H](OC(C)=O)[C@@H]2[C@]3(C)CC[C@@H](OC(C)=O)C(C)(C)[C@H]3C[C@@H](OC(C)=O)[C@]2(C)O1. The topological polar surface area (TPSA) is 88.1 Å². The number of fused-ring (bicyclic) bond motifs is 3. The highest BCUT2D eigenvalue weighted by atomic mass is 16.6. The molecule has 1 aliphatic heterocycles. The second kappa shape index (κ2) is 8.40. The van der Waals surface area contributed by atoms with Gasteiger partial charge in [0.05, 0.1) is 5.60 Å². The summed E-state index contributed by atoms with van der Waals surface area (Å²) in [6.07, 6.45) is 3.03. The molecule has 0 aromatic heterocycles. The molecule has 3 fully saturated rings. The maximum absolute atomic E-state index is 12.2. The van der Waals surface area contributed by atoms with E-state index in [-0.39, 0.29) is 46.7 Å². The highest BCUT2D eigenvalue weighted by Crippen LogP contribution is 2.66. The summed E-state index contributed by atoms with van der Waals surface area (Å²) in [5.41, 5.74) is -2.30. The Hall–Kier alpha value is -1.89. The zero-order valence-corrected chi connectivity index (χ0v) is 21.4.